The molecule has 0 bridgehead atoms. The summed E-state index contributed by atoms with van der Waals surface area (Å²) in [6, 6.07) is 3.78. The number of unbranched alkanes of at least 4 members (excludes halogenated alkanes) is 1. The summed E-state index contributed by atoms with van der Waals surface area (Å²) in [5.41, 5.74) is -0.177. The molecule has 0 radical (unpaired) electrons. The Morgan fingerprint density at radius 3 is 2.66 bits per heavy atom. The summed E-state index contributed by atoms with van der Waals surface area (Å²) in [5, 5.41) is 7.12. The molecule has 7 nitrogen and oxygen atoms in total. The van der Waals surface area contributed by atoms with Crippen molar-refractivity contribution in [3.63, 3.8) is 0 Å². The van der Waals surface area contributed by atoms with E-state index in [2.05, 4.69) is 11.9 Å². The minimum absolute atomic E-state index is 0.177. The minimum Gasteiger partial charge on any atom is -0.492 e. The van der Waals surface area contributed by atoms with Gasteiger partial charge in [-0.05, 0) is 25.0 Å². The number of carbonyl (C=O) groups excluding carboxylic acids is 1. The summed E-state index contributed by atoms with van der Waals surface area (Å²) in [7, 11) is 0. The molecular weight excluding hydrogens is 393 g/mol. The number of hydrogen-bond acceptors (Lipinski definition) is 5. The van der Waals surface area contributed by atoms with E-state index in [0.717, 1.165) is 44.7 Å². The van der Waals surface area contributed by atoms with Gasteiger partial charge in [0.05, 0.1) is 25.9 Å². The lowest BCUT2D eigenvalue weighted by Crippen LogP contribution is -2.66. The summed E-state index contributed by atoms with van der Waals surface area (Å²) in [6.07, 6.45) is 2.06. The van der Waals surface area contributed by atoms with Gasteiger partial charge in [0.15, 0.2) is 0 Å². The number of carboxylic acids is 1. The van der Waals surface area contributed by atoms with Gasteiger partial charge in [0.1, 0.15) is 11.4 Å². The highest BCUT2D eigenvalue weighted by Crippen LogP contribution is 2.40. The van der Waals surface area contributed by atoms with Crippen LogP contribution in [0.1, 0.15) is 32.6 Å². The number of likely N-dealkylation sites (tertiary alicyclic amines) is 1. The van der Waals surface area contributed by atoms with E-state index in [1.165, 1.54) is 0 Å². The van der Waals surface area contributed by atoms with Crippen LogP contribution in [-0.2, 0) is 14.3 Å². The molecule has 29 heavy (non-hydrogen) atoms. The first-order valence-corrected chi connectivity index (χ1v) is 9.42. The van der Waals surface area contributed by atoms with E-state index in [0.29, 0.717) is 18.9 Å². The van der Waals surface area contributed by atoms with Crippen molar-refractivity contribution in [3.8, 4) is 5.75 Å². The fourth-order valence-electron chi connectivity index (χ4n) is 3.26. The van der Waals surface area contributed by atoms with Crippen LogP contribution >= 0.6 is 0 Å². The molecule has 1 amide bonds. The molecular formula is C19H25F3N2O5. The minimum atomic E-state index is -5.08. The molecule has 1 aromatic rings. The Labute approximate surface area is 166 Å². The molecule has 0 saturated carbocycles. The first-order valence-electron chi connectivity index (χ1n) is 9.42. The third kappa shape index (κ3) is 6.31. The number of hydrogen-bond donors (Lipinski definition) is 1. The van der Waals surface area contributed by atoms with E-state index in [1.54, 1.807) is 12.4 Å². The topological polar surface area (TPSA) is 89.0 Å². The second-order valence-electron chi connectivity index (χ2n) is 7.05. The zero-order chi connectivity index (χ0) is 21.5. The maximum atomic E-state index is 12.0. The number of carboxylic acid groups (broad SMARTS) is 1. The SMILES string of the molecule is CCCCC(=O)N1CC2(C1)OCCC2COc1cccnc1.O=C(O)C(F)(F)F. The van der Waals surface area contributed by atoms with E-state index in [4.69, 9.17) is 19.4 Å². The molecule has 2 saturated heterocycles. The van der Waals surface area contributed by atoms with E-state index in [-0.39, 0.29) is 11.5 Å². The quantitative estimate of drug-likeness (QED) is 0.764. The van der Waals surface area contributed by atoms with Crippen LogP contribution in [0, 0.1) is 5.92 Å². The maximum Gasteiger partial charge on any atom is 0.490 e. The Kier molecular flexibility index (Phi) is 7.83. The van der Waals surface area contributed by atoms with Crippen LogP contribution in [-0.4, -0.2) is 64.9 Å². The van der Waals surface area contributed by atoms with Crippen molar-refractivity contribution < 1.29 is 37.3 Å². The number of ether oxygens (including phenoxy) is 2. The molecule has 2 aliphatic rings. The smallest absolute Gasteiger partial charge is 0.490 e. The molecule has 1 spiro atoms. The first-order chi connectivity index (χ1) is 13.7. The molecule has 162 valence electrons. The number of rotatable bonds is 6. The van der Waals surface area contributed by atoms with Gasteiger partial charge in [0, 0.05) is 25.1 Å². The predicted octanol–water partition coefficient (Wildman–Crippen LogP) is 2.90. The number of amides is 1. The Morgan fingerprint density at radius 1 is 1.41 bits per heavy atom. The Balaban J connectivity index is 0.000000370. The number of nitrogens with zero attached hydrogens (tertiary/aromatic N) is 2. The summed E-state index contributed by atoms with van der Waals surface area (Å²) in [5.74, 6) is -1.36. The second-order valence-corrected chi connectivity index (χ2v) is 7.05. The van der Waals surface area contributed by atoms with Gasteiger partial charge in [-0.25, -0.2) is 4.79 Å². The van der Waals surface area contributed by atoms with E-state index < -0.39 is 12.1 Å². The molecule has 2 aliphatic heterocycles. The van der Waals surface area contributed by atoms with Crippen molar-refractivity contribution in [3.05, 3.63) is 24.5 Å². The highest BCUT2D eigenvalue weighted by atomic mass is 19.4. The summed E-state index contributed by atoms with van der Waals surface area (Å²) in [4.78, 5) is 26.9. The molecule has 0 aliphatic carbocycles. The fraction of sp³-hybridized carbons (Fsp3) is 0.632. The normalized spacial score (nSPS) is 19.9. The lowest BCUT2D eigenvalue weighted by atomic mass is 9.81. The lowest BCUT2D eigenvalue weighted by Gasteiger charge is -2.50. The molecule has 3 heterocycles. The van der Waals surface area contributed by atoms with Crippen LogP contribution < -0.4 is 4.74 Å². The third-order valence-corrected chi connectivity index (χ3v) is 4.94. The van der Waals surface area contributed by atoms with Crippen molar-refractivity contribution in [1.29, 1.82) is 0 Å². The van der Waals surface area contributed by atoms with Gasteiger partial charge in [-0.2, -0.15) is 13.2 Å². The molecule has 3 rings (SSSR count). The van der Waals surface area contributed by atoms with Gasteiger partial charge >= 0.3 is 12.1 Å². The number of pyridine rings is 1. The van der Waals surface area contributed by atoms with Gasteiger partial charge in [-0.1, -0.05) is 13.3 Å². The maximum absolute atomic E-state index is 12.0. The van der Waals surface area contributed by atoms with Crippen molar-refractivity contribution >= 4 is 11.9 Å². The average Bonchev–Trinajstić information content (AvgIpc) is 3.08. The fourth-order valence-corrected chi connectivity index (χ4v) is 3.26. The Morgan fingerprint density at radius 2 is 2.10 bits per heavy atom. The van der Waals surface area contributed by atoms with Gasteiger partial charge in [-0.15, -0.1) is 0 Å². The number of aromatic nitrogens is 1. The molecule has 1 atom stereocenters. The molecule has 0 aromatic carbocycles. The van der Waals surface area contributed by atoms with Crippen molar-refractivity contribution in [2.24, 2.45) is 5.92 Å². The molecule has 1 unspecified atom stereocenters. The predicted molar refractivity (Wildman–Crippen MR) is 96.3 cm³/mol. The number of carbonyl (C=O) groups is 2. The van der Waals surface area contributed by atoms with Crippen LogP contribution in [0.5, 0.6) is 5.75 Å². The molecule has 10 heteroatoms. The zero-order valence-electron chi connectivity index (χ0n) is 16.2. The number of alkyl halides is 3. The summed E-state index contributed by atoms with van der Waals surface area (Å²) < 4.78 is 43.5. The molecule has 2 fully saturated rings. The monoisotopic (exact) mass is 418 g/mol. The Hall–Kier alpha value is -2.36. The second kappa shape index (κ2) is 9.91. The van der Waals surface area contributed by atoms with Gasteiger partial charge in [0.2, 0.25) is 5.91 Å². The van der Waals surface area contributed by atoms with Gasteiger partial charge < -0.3 is 19.5 Å². The first kappa shape index (κ1) is 22.9. The van der Waals surface area contributed by atoms with Crippen molar-refractivity contribution in [1.82, 2.24) is 9.88 Å². The van der Waals surface area contributed by atoms with Crippen molar-refractivity contribution in [2.45, 2.75) is 44.4 Å². The molecule has 1 aromatic heterocycles. The highest BCUT2D eigenvalue weighted by Gasteiger charge is 2.54. The molecule has 1 N–H and O–H groups in total. The standard InChI is InChI=1S/C17H24N2O3.C2HF3O2/c1-2-3-6-16(20)19-12-17(13-19)14(7-9-22-17)11-21-15-5-4-8-18-10-15;3-2(4,5)1(6)7/h4-5,8,10,14H,2-3,6-7,9,11-13H2,1H3;(H,6,7). The zero-order valence-corrected chi connectivity index (χ0v) is 16.2. The van der Waals surface area contributed by atoms with E-state index >= 15 is 0 Å². The van der Waals surface area contributed by atoms with E-state index in [1.807, 2.05) is 17.0 Å². The lowest BCUT2D eigenvalue weighted by molar-refractivity contribution is -0.192. The Bertz CT molecular complexity index is 678. The average molecular weight is 418 g/mol. The summed E-state index contributed by atoms with van der Waals surface area (Å²) >= 11 is 0. The number of aliphatic carboxylic acids is 1. The van der Waals surface area contributed by atoms with Crippen LogP contribution in [0.25, 0.3) is 0 Å². The van der Waals surface area contributed by atoms with Crippen LogP contribution in [0.3, 0.4) is 0 Å². The van der Waals surface area contributed by atoms with Crippen molar-refractivity contribution in [2.75, 3.05) is 26.3 Å². The number of halogens is 3. The van der Waals surface area contributed by atoms with E-state index in [9.17, 15) is 18.0 Å². The van der Waals surface area contributed by atoms with Gasteiger partial charge in [0.25, 0.3) is 0 Å². The highest BCUT2D eigenvalue weighted by molar-refractivity contribution is 5.77. The van der Waals surface area contributed by atoms with Crippen LogP contribution in [0.4, 0.5) is 13.2 Å². The summed E-state index contributed by atoms with van der Waals surface area (Å²) in [6.45, 7) is 4.94. The van der Waals surface area contributed by atoms with Crippen LogP contribution in [0.15, 0.2) is 24.5 Å². The van der Waals surface area contributed by atoms with Gasteiger partial charge in [-0.3, -0.25) is 9.78 Å². The van der Waals surface area contributed by atoms with Crippen LogP contribution in [0.2, 0.25) is 0 Å². The third-order valence-electron chi connectivity index (χ3n) is 4.94. The largest absolute Gasteiger partial charge is 0.492 e.